The summed E-state index contributed by atoms with van der Waals surface area (Å²) in [5, 5.41) is 3.19. The number of ether oxygens (including phenoxy) is 1. The summed E-state index contributed by atoms with van der Waals surface area (Å²) in [6.07, 6.45) is 4.37. The fraction of sp³-hybridized carbons (Fsp3) is 0.571. The maximum atomic E-state index is 13.5. The molecule has 0 spiro atoms. The molecule has 1 atom stereocenters. The van der Waals surface area contributed by atoms with Gasteiger partial charge in [-0.05, 0) is 18.8 Å². The molecular weight excluding hydrogens is 269 g/mol. The van der Waals surface area contributed by atoms with Crippen LogP contribution in [-0.4, -0.2) is 12.7 Å². The van der Waals surface area contributed by atoms with Crippen LogP contribution in [0.25, 0.3) is 0 Å². The Labute approximate surface area is 116 Å². The van der Waals surface area contributed by atoms with E-state index in [-0.39, 0.29) is 11.7 Å². The van der Waals surface area contributed by atoms with E-state index < -0.39 is 18.2 Å². The van der Waals surface area contributed by atoms with Crippen LogP contribution < -0.4 is 15.8 Å². The van der Waals surface area contributed by atoms with Crippen molar-refractivity contribution < 1.29 is 17.9 Å². The van der Waals surface area contributed by atoms with Gasteiger partial charge in [-0.3, -0.25) is 0 Å². The van der Waals surface area contributed by atoms with Crippen LogP contribution >= 0.6 is 0 Å². The zero-order valence-corrected chi connectivity index (χ0v) is 11.3. The number of nitrogens with one attached hydrogen (secondary N) is 1. The van der Waals surface area contributed by atoms with Gasteiger partial charge in [0.05, 0.1) is 11.4 Å². The summed E-state index contributed by atoms with van der Waals surface area (Å²) >= 11 is 0. The molecule has 0 aromatic heterocycles. The van der Waals surface area contributed by atoms with E-state index in [2.05, 4.69) is 10.1 Å². The van der Waals surface area contributed by atoms with Gasteiger partial charge in [0.2, 0.25) is 0 Å². The largest absolute Gasteiger partial charge is 0.432 e. The molecule has 1 aromatic rings. The van der Waals surface area contributed by atoms with E-state index in [0.717, 1.165) is 24.8 Å². The van der Waals surface area contributed by atoms with Crippen molar-refractivity contribution in [3.8, 4) is 5.75 Å². The fourth-order valence-electron chi connectivity index (χ4n) is 2.18. The number of anilines is 2. The van der Waals surface area contributed by atoms with Gasteiger partial charge >= 0.3 is 6.61 Å². The number of benzene rings is 1. The molecular formula is C14H19F3N2O. The molecule has 1 unspecified atom stereocenters. The number of hydrogen-bond acceptors (Lipinski definition) is 3. The highest BCUT2D eigenvalue weighted by atomic mass is 19.3. The third-order valence-corrected chi connectivity index (χ3v) is 3.49. The summed E-state index contributed by atoms with van der Waals surface area (Å²) in [6.45, 7) is -1.02. The summed E-state index contributed by atoms with van der Waals surface area (Å²) in [5.41, 5.74) is 6.36. The third-order valence-electron chi connectivity index (χ3n) is 3.49. The van der Waals surface area contributed by atoms with Crippen molar-refractivity contribution in [3.05, 3.63) is 17.9 Å². The summed E-state index contributed by atoms with van der Waals surface area (Å²) in [5.74, 6) is -0.646. The summed E-state index contributed by atoms with van der Waals surface area (Å²) < 4.78 is 42.0. The van der Waals surface area contributed by atoms with Crippen molar-refractivity contribution in [2.24, 2.45) is 5.92 Å². The van der Waals surface area contributed by atoms with Crippen LogP contribution in [0, 0.1) is 11.7 Å². The number of alkyl halides is 2. The molecule has 3 N–H and O–H groups in total. The molecule has 2 rings (SSSR count). The van der Waals surface area contributed by atoms with Gasteiger partial charge in [0, 0.05) is 18.2 Å². The summed E-state index contributed by atoms with van der Waals surface area (Å²) in [6, 6.07) is 2.41. The Hall–Kier alpha value is -1.59. The summed E-state index contributed by atoms with van der Waals surface area (Å²) in [4.78, 5) is 0. The van der Waals surface area contributed by atoms with Crippen LogP contribution in [-0.2, 0) is 0 Å². The number of halogens is 3. The van der Waals surface area contributed by atoms with Gasteiger partial charge in [-0.1, -0.05) is 19.8 Å². The fourth-order valence-corrected chi connectivity index (χ4v) is 2.18. The van der Waals surface area contributed by atoms with Gasteiger partial charge in [0.1, 0.15) is 0 Å². The monoisotopic (exact) mass is 288 g/mol. The molecule has 1 aliphatic carbocycles. The number of rotatable bonds is 7. The molecule has 0 radical (unpaired) electrons. The third kappa shape index (κ3) is 3.95. The molecule has 0 aliphatic heterocycles. The van der Waals surface area contributed by atoms with Crippen LogP contribution in [0.15, 0.2) is 12.1 Å². The minimum absolute atomic E-state index is 0.193. The van der Waals surface area contributed by atoms with Crippen LogP contribution in [0.4, 0.5) is 24.5 Å². The maximum Gasteiger partial charge on any atom is 0.387 e. The second kappa shape index (κ2) is 6.24. The van der Waals surface area contributed by atoms with Crippen LogP contribution in [0.1, 0.15) is 32.6 Å². The Kier molecular flexibility index (Phi) is 4.62. The number of hydrogen-bond donors (Lipinski definition) is 2. The predicted octanol–water partition coefficient (Wildman–Crippen LogP) is 4.00. The normalized spacial score (nSPS) is 16.2. The average molecular weight is 288 g/mol. The van der Waals surface area contributed by atoms with E-state index in [1.54, 1.807) is 0 Å². The molecule has 3 nitrogen and oxygen atoms in total. The minimum atomic E-state index is -3.06. The van der Waals surface area contributed by atoms with Gasteiger partial charge in [0.15, 0.2) is 11.6 Å². The second-order valence-electron chi connectivity index (χ2n) is 5.18. The van der Waals surface area contributed by atoms with Crippen LogP contribution in [0.5, 0.6) is 5.75 Å². The standard InChI is InChI=1S/C14H19F3N2O/c1-2-9(5-8-3-4-8)19-12-7-13(20-14(16)17)10(15)6-11(12)18/h6-9,14,19H,2-5,18H2,1H3. The lowest BCUT2D eigenvalue weighted by atomic mass is 10.1. The Morgan fingerprint density at radius 3 is 2.65 bits per heavy atom. The van der Waals surface area contributed by atoms with Crippen molar-refractivity contribution in [3.63, 3.8) is 0 Å². The average Bonchev–Trinajstić information content (AvgIpc) is 3.17. The minimum Gasteiger partial charge on any atom is -0.432 e. The highest BCUT2D eigenvalue weighted by Gasteiger charge is 2.25. The lowest BCUT2D eigenvalue weighted by molar-refractivity contribution is -0.0521. The predicted molar refractivity (Wildman–Crippen MR) is 72.5 cm³/mol. The number of nitrogens with two attached hydrogens (primary N) is 1. The van der Waals surface area contributed by atoms with Gasteiger partial charge in [-0.25, -0.2) is 4.39 Å². The van der Waals surface area contributed by atoms with E-state index in [0.29, 0.717) is 5.69 Å². The summed E-state index contributed by atoms with van der Waals surface area (Å²) in [7, 11) is 0. The Balaban J connectivity index is 2.12. The molecule has 1 fully saturated rings. The first-order valence-corrected chi connectivity index (χ1v) is 6.80. The van der Waals surface area contributed by atoms with Gasteiger partial charge < -0.3 is 15.8 Å². The molecule has 112 valence electrons. The first-order chi connectivity index (χ1) is 9.49. The van der Waals surface area contributed by atoms with Crippen LogP contribution in [0.2, 0.25) is 0 Å². The molecule has 0 amide bonds. The molecule has 1 saturated carbocycles. The maximum absolute atomic E-state index is 13.5. The highest BCUT2D eigenvalue weighted by Crippen LogP contribution is 2.36. The van der Waals surface area contributed by atoms with Gasteiger partial charge in [-0.2, -0.15) is 8.78 Å². The lowest BCUT2D eigenvalue weighted by Crippen LogP contribution is -2.20. The van der Waals surface area contributed by atoms with Gasteiger partial charge in [0.25, 0.3) is 0 Å². The van der Waals surface area contributed by atoms with E-state index in [1.165, 1.54) is 18.9 Å². The molecule has 20 heavy (non-hydrogen) atoms. The molecule has 1 aliphatic rings. The quantitative estimate of drug-likeness (QED) is 0.745. The molecule has 6 heteroatoms. The molecule has 0 saturated heterocycles. The SMILES string of the molecule is CCC(CC1CC1)Nc1cc(OC(F)F)c(F)cc1N. The van der Waals surface area contributed by atoms with Crippen molar-refractivity contribution >= 4 is 11.4 Å². The zero-order chi connectivity index (χ0) is 14.7. The van der Waals surface area contributed by atoms with Crippen molar-refractivity contribution in [1.82, 2.24) is 0 Å². The van der Waals surface area contributed by atoms with E-state index >= 15 is 0 Å². The van der Waals surface area contributed by atoms with E-state index in [9.17, 15) is 13.2 Å². The van der Waals surface area contributed by atoms with Crippen molar-refractivity contribution in [1.29, 1.82) is 0 Å². The van der Waals surface area contributed by atoms with Crippen LogP contribution in [0.3, 0.4) is 0 Å². The zero-order valence-electron chi connectivity index (χ0n) is 11.3. The van der Waals surface area contributed by atoms with E-state index in [4.69, 9.17) is 5.73 Å². The molecule has 1 aromatic carbocycles. The number of nitrogen functional groups attached to an aromatic ring is 1. The lowest BCUT2D eigenvalue weighted by Gasteiger charge is -2.20. The first kappa shape index (κ1) is 14.8. The first-order valence-electron chi connectivity index (χ1n) is 6.80. The van der Waals surface area contributed by atoms with Crippen molar-refractivity contribution in [2.45, 2.75) is 45.3 Å². The smallest absolute Gasteiger partial charge is 0.387 e. The van der Waals surface area contributed by atoms with Crippen molar-refractivity contribution in [2.75, 3.05) is 11.1 Å². The topological polar surface area (TPSA) is 47.3 Å². The molecule has 0 bridgehead atoms. The Morgan fingerprint density at radius 1 is 1.40 bits per heavy atom. The Bertz CT molecular complexity index is 464. The van der Waals surface area contributed by atoms with E-state index in [1.807, 2.05) is 6.92 Å². The highest BCUT2D eigenvalue weighted by molar-refractivity contribution is 5.69. The van der Waals surface area contributed by atoms with Gasteiger partial charge in [-0.15, -0.1) is 0 Å². The molecule has 0 heterocycles. The second-order valence-corrected chi connectivity index (χ2v) is 5.18. The Morgan fingerprint density at radius 2 is 2.10 bits per heavy atom.